The van der Waals surface area contributed by atoms with Crippen LogP contribution in [0, 0.1) is 0 Å². The number of hydrogen-bond donors (Lipinski definition) is 2. The third-order valence-corrected chi connectivity index (χ3v) is 3.52. The molecule has 1 unspecified atom stereocenters. The Labute approximate surface area is 110 Å². The van der Waals surface area contributed by atoms with E-state index in [9.17, 15) is 5.11 Å². The van der Waals surface area contributed by atoms with Crippen LogP contribution in [0.5, 0.6) is 0 Å². The summed E-state index contributed by atoms with van der Waals surface area (Å²) in [6.45, 7) is 4.89. The second-order valence-corrected chi connectivity index (χ2v) is 6.16. The van der Waals surface area contributed by atoms with Crippen molar-refractivity contribution in [2.45, 2.75) is 57.6 Å². The van der Waals surface area contributed by atoms with E-state index in [0.29, 0.717) is 6.04 Å². The summed E-state index contributed by atoms with van der Waals surface area (Å²) >= 11 is 0. The normalized spacial score (nSPS) is 20.9. The van der Waals surface area contributed by atoms with Crippen molar-refractivity contribution >= 4 is 0 Å². The Morgan fingerprint density at radius 2 is 2.06 bits per heavy atom. The molecule has 0 amide bonds. The van der Waals surface area contributed by atoms with Gasteiger partial charge in [0, 0.05) is 12.5 Å². The quantitative estimate of drug-likeness (QED) is 0.857. The Bertz CT molecular complexity index is 375. The van der Waals surface area contributed by atoms with Crippen LogP contribution in [0.4, 0.5) is 0 Å². The van der Waals surface area contributed by atoms with Crippen molar-refractivity contribution in [1.29, 1.82) is 0 Å². The van der Waals surface area contributed by atoms with Gasteiger partial charge in [-0.15, -0.1) is 0 Å². The molecule has 1 atom stereocenters. The van der Waals surface area contributed by atoms with Crippen LogP contribution in [-0.2, 0) is 12.8 Å². The zero-order chi connectivity index (χ0) is 13.0. The molecule has 2 nitrogen and oxygen atoms in total. The second kappa shape index (κ2) is 5.85. The van der Waals surface area contributed by atoms with Gasteiger partial charge in [-0.2, -0.15) is 0 Å². The van der Waals surface area contributed by atoms with Gasteiger partial charge >= 0.3 is 0 Å². The van der Waals surface area contributed by atoms with Gasteiger partial charge in [-0.25, -0.2) is 0 Å². The summed E-state index contributed by atoms with van der Waals surface area (Å²) in [5.41, 5.74) is 1.99. The molecule has 1 aliphatic rings. The molecule has 2 N–H and O–H groups in total. The van der Waals surface area contributed by atoms with Crippen LogP contribution >= 0.6 is 0 Å². The lowest BCUT2D eigenvalue weighted by Gasteiger charge is -2.24. The van der Waals surface area contributed by atoms with Crippen LogP contribution in [-0.4, -0.2) is 23.3 Å². The minimum absolute atomic E-state index is 0.623. The smallest absolute Gasteiger partial charge is 0.0631 e. The third-order valence-electron chi connectivity index (χ3n) is 3.52. The lowest BCUT2D eigenvalue weighted by atomic mass is 9.94. The molecule has 0 radical (unpaired) electrons. The fourth-order valence-corrected chi connectivity index (χ4v) is 2.75. The predicted molar refractivity (Wildman–Crippen MR) is 75.8 cm³/mol. The van der Waals surface area contributed by atoms with Gasteiger partial charge in [0.1, 0.15) is 0 Å². The van der Waals surface area contributed by atoms with Crippen molar-refractivity contribution in [2.24, 2.45) is 0 Å². The molecule has 0 aliphatic carbocycles. The molecule has 0 aromatic heterocycles. The molecular formula is C16H25NO. The third kappa shape index (κ3) is 4.43. The van der Waals surface area contributed by atoms with Gasteiger partial charge in [-0.05, 0) is 50.8 Å². The number of rotatable bonds is 4. The first-order valence-electron chi connectivity index (χ1n) is 7.06. The topological polar surface area (TPSA) is 32.3 Å². The van der Waals surface area contributed by atoms with Crippen molar-refractivity contribution in [1.82, 2.24) is 5.32 Å². The second-order valence-electron chi connectivity index (χ2n) is 6.16. The average molecular weight is 247 g/mol. The summed E-state index contributed by atoms with van der Waals surface area (Å²) in [7, 11) is 0. The van der Waals surface area contributed by atoms with Crippen LogP contribution < -0.4 is 5.32 Å². The SMILES string of the molecule is CC(C)(O)Cc1cccc(CC2CCCCN2)c1. The van der Waals surface area contributed by atoms with Gasteiger partial charge in [-0.1, -0.05) is 30.7 Å². The molecule has 0 bridgehead atoms. The van der Waals surface area contributed by atoms with E-state index in [4.69, 9.17) is 0 Å². The Morgan fingerprint density at radius 3 is 2.72 bits per heavy atom. The summed E-state index contributed by atoms with van der Waals surface area (Å²) in [5, 5.41) is 13.5. The number of hydrogen-bond acceptors (Lipinski definition) is 2. The van der Waals surface area contributed by atoms with E-state index in [1.54, 1.807) is 0 Å². The molecule has 0 saturated carbocycles. The molecule has 1 fully saturated rings. The fraction of sp³-hybridized carbons (Fsp3) is 0.625. The summed E-state index contributed by atoms with van der Waals surface area (Å²) in [5.74, 6) is 0. The Kier molecular flexibility index (Phi) is 4.41. The molecule has 1 aromatic carbocycles. The zero-order valence-corrected chi connectivity index (χ0v) is 11.6. The fourth-order valence-electron chi connectivity index (χ4n) is 2.75. The largest absolute Gasteiger partial charge is 0.390 e. The van der Waals surface area contributed by atoms with Crippen molar-refractivity contribution in [3.63, 3.8) is 0 Å². The van der Waals surface area contributed by atoms with E-state index in [1.807, 2.05) is 13.8 Å². The van der Waals surface area contributed by atoms with Crippen LogP contribution in [0.3, 0.4) is 0 Å². The van der Waals surface area contributed by atoms with Gasteiger partial charge in [0.2, 0.25) is 0 Å². The Balaban J connectivity index is 1.98. The maximum Gasteiger partial charge on any atom is 0.0631 e. The van der Waals surface area contributed by atoms with Crippen LogP contribution in [0.2, 0.25) is 0 Å². The monoisotopic (exact) mass is 247 g/mol. The molecule has 2 rings (SSSR count). The van der Waals surface area contributed by atoms with Gasteiger partial charge in [0.05, 0.1) is 5.60 Å². The minimum atomic E-state index is -0.623. The van der Waals surface area contributed by atoms with Crippen LogP contribution in [0.1, 0.15) is 44.2 Å². The highest BCUT2D eigenvalue weighted by Gasteiger charge is 2.15. The summed E-state index contributed by atoms with van der Waals surface area (Å²) < 4.78 is 0. The van der Waals surface area contributed by atoms with Gasteiger partial charge in [0.15, 0.2) is 0 Å². The summed E-state index contributed by atoms with van der Waals surface area (Å²) in [6.07, 6.45) is 5.78. The maximum absolute atomic E-state index is 9.87. The van der Waals surface area contributed by atoms with E-state index in [2.05, 4.69) is 29.6 Å². The molecule has 0 spiro atoms. The lowest BCUT2D eigenvalue weighted by molar-refractivity contribution is 0.0810. The zero-order valence-electron chi connectivity index (χ0n) is 11.6. The average Bonchev–Trinajstić information content (AvgIpc) is 2.28. The Hall–Kier alpha value is -0.860. The first kappa shape index (κ1) is 13.6. The molecule has 1 heterocycles. The number of benzene rings is 1. The van der Waals surface area contributed by atoms with E-state index in [0.717, 1.165) is 19.4 Å². The lowest BCUT2D eigenvalue weighted by Crippen LogP contribution is -2.35. The number of nitrogens with one attached hydrogen (secondary N) is 1. The van der Waals surface area contributed by atoms with E-state index < -0.39 is 5.60 Å². The van der Waals surface area contributed by atoms with Crippen molar-refractivity contribution < 1.29 is 5.11 Å². The molecule has 2 heteroatoms. The van der Waals surface area contributed by atoms with Gasteiger partial charge in [-0.3, -0.25) is 0 Å². The summed E-state index contributed by atoms with van der Waals surface area (Å²) in [6, 6.07) is 9.30. The van der Waals surface area contributed by atoms with E-state index in [1.165, 1.54) is 30.4 Å². The number of piperidine rings is 1. The minimum Gasteiger partial charge on any atom is -0.390 e. The molecular weight excluding hydrogens is 222 g/mol. The van der Waals surface area contributed by atoms with Gasteiger partial charge in [0.25, 0.3) is 0 Å². The van der Waals surface area contributed by atoms with Crippen molar-refractivity contribution in [3.8, 4) is 0 Å². The predicted octanol–water partition coefficient (Wildman–Crippen LogP) is 2.68. The highest BCUT2D eigenvalue weighted by atomic mass is 16.3. The molecule has 18 heavy (non-hydrogen) atoms. The summed E-state index contributed by atoms with van der Waals surface area (Å²) in [4.78, 5) is 0. The molecule has 1 saturated heterocycles. The molecule has 1 aromatic rings. The van der Waals surface area contributed by atoms with Crippen molar-refractivity contribution in [3.05, 3.63) is 35.4 Å². The van der Waals surface area contributed by atoms with E-state index >= 15 is 0 Å². The standard InChI is InChI=1S/C16H25NO/c1-16(2,18)12-14-7-5-6-13(10-14)11-15-8-3-4-9-17-15/h5-7,10,15,17-18H,3-4,8-9,11-12H2,1-2H3. The van der Waals surface area contributed by atoms with Crippen molar-refractivity contribution in [2.75, 3.05) is 6.54 Å². The molecule has 100 valence electrons. The highest BCUT2D eigenvalue weighted by molar-refractivity contribution is 5.25. The number of aliphatic hydroxyl groups is 1. The Morgan fingerprint density at radius 1 is 1.28 bits per heavy atom. The first-order valence-corrected chi connectivity index (χ1v) is 7.06. The van der Waals surface area contributed by atoms with Gasteiger partial charge < -0.3 is 10.4 Å². The first-order chi connectivity index (χ1) is 8.53. The molecule has 1 aliphatic heterocycles. The van der Waals surface area contributed by atoms with E-state index in [-0.39, 0.29) is 0 Å². The van der Waals surface area contributed by atoms with Crippen LogP contribution in [0.25, 0.3) is 0 Å². The highest BCUT2D eigenvalue weighted by Crippen LogP contribution is 2.17. The van der Waals surface area contributed by atoms with Crippen LogP contribution in [0.15, 0.2) is 24.3 Å². The maximum atomic E-state index is 9.87.